The van der Waals surface area contributed by atoms with E-state index < -0.39 is 17.9 Å². The molecule has 0 atom stereocenters. The third-order valence-corrected chi connectivity index (χ3v) is 0.597. The zero-order valence-corrected chi connectivity index (χ0v) is 11.5. The van der Waals surface area contributed by atoms with E-state index in [-0.39, 0.29) is 38.8 Å². The van der Waals surface area contributed by atoms with Gasteiger partial charge in [-0.3, -0.25) is 0 Å². The normalized spacial score (nSPS) is 9.00. The molecule has 0 aliphatic rings. The summed E-state index contributed by atoms with van der Waals surface area (Å²) in [6.07, 6.45) is 0.653. The van der Waals surface area contributed by atoms with Gasteiger partial charge in [0.2, 0.25) is 0 Å². The number of halogens is 3. The Bertz CT molecular complexity index is 289. The van der Waals surface area contributed by atoms with Gasteiger partial charge in [0.25, 0.3) is 0 Å². The Balaban J connectivity index is -0.0000000865. The number of rotatable bonds is 3. The third-order valence-electron chi connectivity index (χ3n) is 0.597. The number of aliphatic carboxylic acids is 3. The van der Waals surface area contributed by atoms with Crippen LogP contribution in [0.4, 0.5) is 13.2 Å². The molecule has 0 saturated carbocycles. The number of hydrogen-bond acceptors (Lipinski definition) is 6. The maximum Gasteiger partial charge on any atom is 3.00 e. The molecular weight excluding hydrogens is 331 g/mol. The topological polar surface area (TPSA) is 120 Å². The van der Waals surface area contributed by atoms with Crippen molar-refractivity contribution in [2.24, 2.45) is 0 Å². The monoisotopic (exact) mass is 336 g/mol. The van der Waals surface area contributed by atoms with Crippen LogP contribution in [0.2, 0.25) is 0 Å². The molecule has 0 amide bonds. The first-order valence-corrected chi connectivity index (χ1v) is 3.75. The molecule has 0 aliphatic heterocycles. The van der Waals surface area contributed by atoms with Crippen molar-refractivity contribution >= 4 is 37.7 Å². The van der Waals surface area contributed by atoms with Gasteiger partial charge in [0.1, 0.15) is 0 Å². The quantitative estimate of drug-likeness (QED) is 0.408. The van der Waals surface area contributed by atoms with Gasteiger partial charge in [0, 0.05) is 0 Å². The van der Waals surface area contributed by atoms with Gasteiger partial charge in [-0.05, 0) is 18.2 Å². The van der Waals surface area contributed by atoms with Crippen molar-refractivity contribution in [1.82, 2.24) is 0 Å². The van der Waals surface area contributed by atoms with E-state index in [0.29, 0.717) is 18.2 Å². The number of carbonyl (C=O) groups excluding carboxylic acids is 3. The van der Waals surface area contributed by atoms with E-state index in [1.54, 1.807) is 0 Å². The van der Waals surface area contributed by atoms with E-state index >= 15 is 0 Å². The Morgan fingerprint density at radius 2 is 0.789 bits per heavy atom. The molecule has 6 nitrogen and oxygen atoms in total. The summed E-state index contributed by atoms with van der Waals surface area (Å²) in [6.45, 7) is 0. The molecule has 19 heavy (non-hydrogen) atoms. The fraction of sp³-hybridized carbons (Fsp3) is 0. The summed E-state index contributed by atoms with van der Waals surface area (Å²) < 4.78 is 31.9. The second-order valence-electron chi connectivity index (χ2n) is 1.84. The van der Waals surface area contributed by atoms with Crippen LogP contribution < -0.4 is 15.3 Å². The Morgan fingerprint density at radius 3 is 0.789 bits per heavy atom. The van der Waals surface area contributed by atoms with Gasteiger partial charge < -0.3 is 29.7 Å². The van der Waals surface area contributed by atoms with Crippen LogP contribution in [-0.2, 0) is 14.4 Å². The Labute approximate surface area is 118 Å². The zero-order chi connectivity index (χ0) is 15.0. The molecule has 0 N–H and O–H groups in total. The van der Waals surface area contributed by atoms with Crippen molar-refractivity contribution in [2.45, 2.75) is 0 Å². The summed E-state index contributed by atoms with van der Waals surface area (Å²) in [7, 11) is 0. The van der Waals surface area contributed by atoms with Gasteiger partial charge in [0.15, 0.2) is 0 Å². The molecular formula is C9H6F3GaO6. The van der Waals surface area contributed by atoms with Crippen molar-refractivity contribution in [1.29, 1.82) is 0 Å². The smallest absolute Gasteiger partial charge is 0.545 e. The third kappa shape index (κ3) is 63.7. The first-order valence-electron chi connectivity index (χ1n) is 3.75. The second-order valence-corrected chi connectivity index (χ2v) is 1.84. The largest absolute Gasteiger partial charge is 3.00 e. The van der Waals surface area contributed by atoms with Crippen molar-refractivity contribution in [3.63, 3.8) is 0 Å². The molecule has 0 aromatic heterocycles. The van der Waals surface area contributed by atoms with Gasteiger partial charge >= 0.3 is 19.8 Å². The molecule has 0 saturated heterocycles. The maximum absolute atomic E-state index is 10.6. The van der Waals surface area contributed by atoms with Crippen LogP contribution in [0.1, 0.15) is 0 Å². The van der Waals surface area contributed by atoms with Gasteiger partial charge in [-0.1, -0.05) is 0 Å². The summed E-state index contributed by atoms with van der Waals surface area (Å²) in [4.78, 5) is 27.5. The number of carboxylic acids is 3. The first kappa shape index (κ1) is 25.8. The minimum Gasteiger partial charge on any atom is -0.545 e. The molecule has 0 rings (SSSR count). The van der Waals surface area contributed by atoms with Gasteiger partial charge in [0.05, 0.1) is 36.9 Å². The molecule has 0 bridgehead atoms. The molecule has 10 heteroatoms. The predicted octanol–water partition coefficient (Wildman–Crippen LogP) is -2.72. The van der Waals surface area contributed by atoms with Crippen LogP contribution in [-0.4, -0.2) is 37.7 Å². The fourth-order valence-corrected chi connectivity index (χ4v) is 0.154. The molecule has 102 valence electrons. The second kappa shape index (κ2) is 21.4. The number of carbonyl (C=O) groups is 3. The summed E-state index contributed by atoms with van der Waals surface area (Å²) in [5, 5.41) is 27.5. The van der Waals surface area contributed by atoms with Gasteiger partial charge in [-0.2, -0.15) is 0 Å². The van der Waals surface area contributed by atoms with Crippen molar-refractivity contribution in [3.05, 3.63) is 37.2 Å². The van der Waals surface area contributed by atoms with Gasteiger partial charge in [-0.25, -0.2) is 13.2 Å². The maximum atomic E-state index is 10.6. The molecule has 0 heterocycles. The van der Waals surface area contributed by atoms with Gasteiger partial charge in [-0.15, -0.1) is 0 Å². The molecule has 0 aromatic rings. The minimum absolute atomic E-state index is 0. The molecule has 0 aromatic carbocycles. The first-order chi connectivity index (χ1) is 8.31. The summed E-state index contributed by atoms with van der Waals surface area (Å²) in [5.41, 5.74) is 0. The Morgan fingerprint density at radius 1 is 0.632 bits per heavy atom. The Hall–Kier alpha value is -1.94. The molecule has 0 fully saturated rings. The van der Waals surface area contributed by atoms with Crippen LogP contribution in [0.3, 0.4) is 0 Å². The van der Waals surface area contributed by atoms with E-state index in [0.717, 1.165) is 0 Å². The summed E-state index contributed by atoms with van der Waals surface area (Å²) in [5.74, 6) is -4.55. The molecule has 0 spiro atoms. The Kier molecular flexibility index (Phi) is 29.0. The number of carboxylic acid groups (broad SMARTS) is 3. The van der Waals surface area contributed by atoms with Crippen LogP contribution in [0.15, 0.2) is 37.2 Å². The zero-order valence-electron chi connectivity index (χ0n) is 9.12. The van der Waals surface area contributed by atoms with E-state index in [4.69, 9.17) is 29.7 Å². The van der Waals surface area contributed by atoms with E-state index in [2.05, 4.69) is 0 Å². The average Bonchev–Trinajstić information content (AvgIpc) is 2.18. The van der Waals surface area contributed by atoms with E-state index in [1.165, 1.54) is 0 Å². The van der Waals surface area contributed by atoms with Crippen LogP contribution in [0, 0.1) is 0 Å². The van der Waals surface area contributed by atoms with Crippen LogP contribution in [0.25, 0.3) is 0 Å². The summed E-state index contributed by atoms with van der Waals surface area (Å²) >= 11 is 0. The van der Waals surface area contributed by atoms with E-state index in [1.807, 2.05) is 0 Å². The summed E-state index contributed by atoms with van der Waals surface area (Å²) in [6, 6.07) is 0. The SMILES string of the molecule is O=C([O-])/C=C/F.O=C([O-])/C=C/F.O=C([O-])/C=C/F.[Ga+3]. The fourth-order valence-electron chi connectivity index (χ4n) is 0.154. The molecule has 0 aliphatic carbocycles. The van der Waals surface area contributed by atoms with Crippen molar-refractivity contribution in [2.75, 3.05) is 0 Å². The van der Waals surface area contributed by atoms with Crippen molar-refractivity contribution in [3.8, 4) is 0 Å². The molecule has 0 radical (unpaired) electrons. The van der Waals surface area contributed by atoms with Crippen LogP contribution >= 0.6 is 0 Å². The van der Waals surface area contributed by atoms with Crippen molar-refractivity contribution < 1.29 is 42.9 Å². The minimum atomic E-state index is -1.52. The molecule has 0 unspecified atom stereocenters. The number of hydrogen-bond donors (Lipinski definition) is 0. The van der Waals surface area contributed by atoms with E-state index in [9.17, 15) is 13.2 Å². The van der Waals surface area contributed by atoms with Crippen LogP contribution in [0.5, 0.6) is 0 Å². The average molecular weight is 337 g/mol. The predicted molar refractivity (Wildman–Crippen MR) is 51.5 cm³/mol. The standard InChI is InChI=1S/3C3H3FO2.Ga/c3*4-2-1-3(5)6;/h3*1-2H,(H,5,6);/q;;;+3/p-3/b3*2-1+;.